The fraction of sp³-hybridized carbons (Fsp3) is 0.583. The van der Waals surface area contributed by atoms with Gasteiger partial charge in [0.05, 0.1) is 4.90 Å². The Balaban J connectivity index is 2.16. The third-order valence-electron chi connectivity index (χ3n) is 3.41. The van der Waals surface area contributed by atoms with Crippen LogP contribution in [0, 0.1) is 6.92 Å². The van der Waals surface area contributed by atoms with Crippen LogP contribution >= 0.6 is 11.3 Å². The molecule has 112 valence electrons. The highest BCUT2D eigenvalue weighted by Gasteiger charge is 2.26. The standard InChI is InChI=1S/C12H18N2O4S2/c1-8-11(7-10(19-8)12(15)16)20(17,18)13-9-3-5-14(2)6-4-9/h7,9,13H,3-6H2,1-2H3,(H,15,16). The van der Waals surface area contributed by atoms with Crippen LogP contribution in [-0.4, -0.2) is 50.6 Å². The van der Waals surface area contributed by atoms with Gasteiger partial charge in [-0.25, -0.2) is 17.9 Å². The third kappa shape index (κ3) is 3.38. The lowest BCUT2D eigenvalue weighted by molar-refractivity contribution is 0.0702. The molecule has 1 aliphatic heterocycles. The molecule has 0 saturated carbocycles. The van der Waals surface area contributed by atoms with Crippen LogP contribution in [0.2, 0.25) is 0 Å². The summed E-state index contributed by atoms with van der Waals surface area (Å²) in [5, 5.41) is 8.93. The number of carbonyl (C=O) groups is 1. The van der Waals surface area contributed by atoms with E-state index in [0.717, 1.165) is 37.3 Å². The molecule has 1 saturated heterocycles. The normalized spacial score (nSPS) is 18.3. The zero-order valence-electron chi connectivity index (χ0n) is 11.4. The van der Waals surface area contributed by atoms with Gasteiger partial charge >= 0.3 is 5.97 Å². The number of nitrogens with one attached hydrogen (secondary N) is 1. The number of carboxylic acid groups (broad SMARTS) is 1. The summed E-state index contributed by atoms with van der Waals surface area (Å²) in [6.07, 6.45) is 1.54. The van der Waals surface area contributed by atoms with E-state index in [1.54, 1.807) is 6.92 Å². The molecule has 2 heterocycles. The van der Waals surface area contributed by atoms with Gasteiger partial charge in [0.2, 0.25) is 10.0 Å². The van der Waals surface area contributed by atoms with Gasteiger partial charge in [-0.15, -0.1) is 11.3 Å². The van der Waals surface area contributed by atoms with Crippen LogP contribution in [0.25, 0.3) is 0 Å². The van der Waals surface area contributed by atoms with Crippen molar-refractivity contribution < 1.29 is 18.3 Å². The Bertz CT molecular complexity index is 601. The van der Waals surface area contributed by atoms with E-state index >= 15 is 0 Å². The second-order valence-corrected chi connectivity index (χ2v) is 7.97. The molecule has 0 atom stereocenters. The van der Waals surface area contributed by atoms with E-state index in [1.807, 2.05) is 7.05 Å². The largest absolute Gasteiger partial charge is 0.477 e. The maximum Gasteiger partial charge on any atom is 0.345 e. The van der Waals surface area contributed by atoms with E-state index in [-0.39, 0.29) is 15.8 Å². The lowest BCUT2D eigenvalue weighted by atomic mass is 10.1. The topological polar surface area (TPSA) is 86.7 Å². The van der Waals surface area contributed by atoms with Crippen molar-refractivity contribution in [3.8, 4) is 0 Å². The van der Waals surface area contributed by atoms with Crippen molar-refractivity contribution in [3.63, 3.8) is 0 Å². The van der Waals surface area contributed by atoms with Crippen LogP contribution in [0.1, 0.15) is 27.4 Å². The molecule has 0 radical (unpaired) electrons. The fourth-order valence-corrected chi connectivity index (χ4v) is 4.98. The number of piperidine rings is 1. The molecular weight excluding hydrogens is 300 g/mol. The Morgan fingerprint density at radius 3 is 2.55 bits per heavy atom. The first-order valence-electron chi connectivity index (χ1n) is 6.34. The van der Waals surface area contributed by atoms with Crippen LogP contribution in [0.5, 0.6) is 0 Å². The summed E-state index contributed by atoms with van der Waals surface area (Å²) in [5.74, 6) is -1.10. The van der Waals surface area contributed by atoms with Gasteiger partial charge < -0.3 is 10.0 Å². The maximum absolute atomic E-state index is 12.3. The molecular formula is C12H18N2O4S2. The predicted octanol–water partition coefficient (Wildman–Crippen LogP) is 1.13. The zero-order chi connectivity index (χ0) is 14.9. The van der Waals surface area contributed by atoms with Gasteiger partial charge in [0.25, 0.3) is 0 Å². The predicted molar refractivity (Wildman–Crippen MR) is 76.9 cm³/mol. The van der Waals surface area contributed by atoms with Gasteiger partial charge in [-0.2, -0.15) is 0 Å². The van der Waals surface area contributed by atoms with Crippen molar-refractivity contribution in [2.75, 3.05) is 20.1 Å². The molecule has 6 nitrogen and oxygen atoms in total. The second-order valence-electron chi connectivity index (χ2n) is 5.04. The van der Waals surface area contributed by atoms with Crippen molar-refractivity contribution in [2.45, 2.75) is 30.7 Å². The molecule has 2 rings (SSSR count). The van der Waals surface area contributed by atoms with Crippen LogP contribution in [-0.2, 0) is 10.0 Å². The quantitative estimate of drug-likeness (QED) is 0.869. The fourth-order valence-electron chi connectivity index (χ4n) is 2.25. The van der Waals surface area contributed by atoms with Gasteiger partial charge in [-0.05, 0) is 46.0 Å². The Morgan fingerprint density at radius 2 is 2.05 bits per heavy atom. The summed E-state index contributed by atoms with van der Waals surface area (Å²) in [4.78, 5) is 13.7. The average Bonchev–Trinajstić information content (AvgIpc) is 2.75. The molecule has 0 aliphatic carbocycles. The van der Waals surface area contributed by atoms with Crippen LogP contribution in [0.4, 0.5) is 0 Å². The van der Waals surface area contributed by atoms with Crippen molar-refractivity contribution in [3.05, 3.63) is 15.8 Å². The van der Waals surface area contributed by atoms with Crippen molar-refractivity contribution in [2.24, 2.45) is 0 Å². The smallest absolute Gasteiger partial charge is 0.345 e. The number of nitrogens with zero attached hydrogens (tertiary/aromatic N) is 1. The molecule has 8 heteroatoms. The second kappa shape index (κ2) is 5.80. The van der Waals surface area contributed by atoms with Gasteiger partial charge in [0.1, 0.15) is 4.88 Å². The molecule has 1 aromatic heterocycles. The van der Waals surface area contributed by atoms with Crippen molar-refractivity contribution in [1.82, 2.24) is 9.62 Å². The van der Waals surface area contributed by atoms with Gasteiger partial charge in [0.15, 0.2) is 0 Å². The Labute approximate surface area is 122 Å². The SMILES string of the molecule is Cc1sc(C(=O)O)cc1S(=O)(=O)NC1CCN(C)CC1. The Hall–Kier alpha value is -0.960. The summed E-state index contributed by atoms with van der Waals surface area (Å²) in [6, 6.07) is 1.16. The van der Waals surface area contributed by atoms with E-state index in [0.29, 0.717) is 4.88 Å². The number of thiophene rings is 1. The summed E-state index contributed by atoms with van der Waals surface area (Å²) in [7, 11) is -1.64. The summed E-state index contributed by atoms with van der Waals surface area (Å²) in [6.45, 7) is 3.34. The first-order valence-corrected chi connectivity index (χ1v) is 8.64. The van der Waals surface area contributed by atoms with E-state index in [4.69, 9.17) is 5.11 Å². The maximum atomic E-state index is 12.3. The van der Waals surface area contributed by atoms with Crippen molar-refractivity contribution in [1.29, 1.82) is 0 Å². The highest BCUT2D eigenvalue weighted by molar-refractivity contribution is 7.89. The molecule has 1 fully saturated rings. The zero-order valence-corrected chi connectivity index (χ0v) is 13.1. The number of carboxylic acids is 1. The van der Waals surface area contributed by atoms with Gasteiger partial charge in [0, 0.05) is 10.9 Å². The molecule has 2 N–H and O–H groups in total. The minimum atomic E-state index is -3.64. The highest BCUT2D eigenvalue weighted by atomic mass is 32.2. The summed E-state index contributed by atoms with van der Waals surface area (Å²) >= 11 is 0.985. The van der Waals surface area contributed by atoms with Crippen LogP contribution in [0.3, 0.4) is 0 Å². The van der Waals surface area contributed by atoms with Gasteiger partial charge in [-0.1, -0.05) is 0 Å². The Morgan fingerprint density at radius 1 is 1.45 bits per heavy atom. The molecule has 0 spiro atoms. The first-order chi connectivity index (χ1) is 9.29. The number of rotatable bonds is 4. The molecule has 1 aromatic rings. The monoisotopic (exact) mass is 318 g/mol. The number of aromatic carboxylic acids is 1. The van der Waals surface area contributed by atoms with Crippen LogP contribution < -0.4 is 4.72 Å². The van der Waals surface area contributed by atoms with E-state index in [1.165, 1.54) is 6.07 Å². The molecule has 1 aliphatic rings. The lowest BCUT2D eigenvalue weighted by Gasteiger charge is -2.29. The number of hydrogen-bond acceptors (Lipinski definition) is 5. The number of likely N-dealkylation sites (tertiary alicyclic amines) is 1. The molecule has 0 aromatic carbocycles. The summed E-state index contributed by atoms with van der Waals surface area (Å²) in [5.41, 5.74) is 0. The molecule has 0 bridgehead atoms. The number of sulfonamides is 1. The Kier molecular flexibility index (Phi) is 4.48. The van der Waals surface area contributed by atoms with Crippen LogP contribution in [0.15, 0.2) is 11.0 Å². The average molecular weight is 318 g/mol. The number of aryl methyl sites for hydroxylation is 1. The third-order valence-corrected chi connectivity index (χ3v) is 6.23. The van der Waals surface area contributed by atoms with Crippen molar-refractivity contribution >= 4 is 27.3 Å². The molecule has 20 heavy (non-hydrogen) atoms. The summed E-state index contributed by atoms with van der Waals surface area (Å²) < 4.78 is 27.3. The number of hydrogen-bond donors (Lipinski definition) is 2. The molecule has 0 amide bonds. The lowest BCUT2D eigenvalue weighted by Crippen LogP contribution is -2.43. The van der Waals surface area contributed by atoms with E-state index in [9.17, 15) is 13.2 Å². The highest BCUT2D eigenvalue weighted by Crippen LogP contribution is 2.26. The van der Waals surface area contributed by atoms with E-state index < -0.39 is 16.0 Å². The minimum absolute atomic E-state index is 0.0475. The molecule has 0 unspecified atom stereocenters. The minimum Gasteiger partial charge on any atom is -0.477 e. The first kappa shape index (κ1) is 15.4. The van der Waals surface area contributed by atoms with Gasteiger partial charge in [-0.3, -0.25) is 0 Å². The van der Waals surface area contributed by atoms with E-state index in [2.05, 4.69) is 9.62 Å².